The van der Waals surface area contributed by atoms with Crippen molar-refractivity contribution < 1.29 is 0 Å². The molecule has 0 aromatic carbocycles. The fourth-order valence-corrected chi connectivity index (χ4v) is 1.89. The number of rotatable bonds is 3. The van der Waals surface area contributed by atoms with E-state index < -0.39 is 0 Å². The molecular weight excluding hydrogens is 136 g/mol. The van der Waals surface area contributed by atoms with Crippen molar-refractivity contribution in [3.63, 3.8) is 0 Å². The molecule has 0 spiro atoms. The summed E-state index contributed by atoms with van der Waals surface area (Å²) in [5, 5.41) is 3.49. The largest absolute Gasteiger partial charge is 0.330 e. The van der Waals surface area contributed by atoms with Crippen molar-refractivity contribution in [2.75, 3.05) is 13.1 Å². The Morgan fingerprint density at radius 3 is 2.36 bits per heavy atom. The van der Waals surface area contributed by atoms with Crippen LogP contribution in [0.5, 0.6) is 0 Å². The van der Waals surface area contributed by atoms with Crippen molar-refractivity contribution in [3.05, 3.63) is 0 Å². The molecule has 0 aliphatic heterocycles. The van der Waals surface area contributed by atoms with E-state index in [9.17, 15) is 0 Å². The molecule has 0 atom stereocenters. The minimum absolute atomic E-state index is 0.780. The van der Waals surface area contributed by atoms with Gasteiger partial charge >= 0.3 is 0 Å². The van der Waals surface area contributed by atoms with Crippen molar-refractivity contribution in [2.24, 2.45) is 11.7 Å². The normalized spacial score (nSPS) is 32.2. The molecule has 0 saturated heterocycles. The Morgan fingerprint density at radius 2 is 1.91 bits per heavy atom. The van der Waals surface area contributed by atoms with Crippen LogP contribution in [0, 0.1) is 5.92 Å². The Labute approximate surface area is 69.5 Å². The highest BCUT2D eigenvalue weighted by Gasteiger charge is 2.18. The third-order valence-electron chi connectivity index (χ3n) is 2.67. The van der Waals surface area contributed by atoms with Gasteiger partial charge in [0.05, 0.1) is 0 Å². The van der Waals surface area contributed by atoms with Crippen LogP contribution in [0.3, 0.4) is 0 Å². The summed E-state index contributed by atoms with van der Waals surface area (Å²) in [4.78, 5) is 0. The van der Waals surface area contributed by atoms with Crippen LogP contribution in [0.2, 0.25) is 0 Å². The van der Waals surface area contributed by atoms with E-state index >= 15 is 0 Å². The standard InChI is InChI=1S/C9H20N2/c1-2-11-9-5-3-8(7-10)4-6-9/h8-9,11H,2-7,10H2,1H3/t8-,9-. The summed E-state index contributed by atoms with van der Waals surface area (Å²) in [6.45, 7) is 4.17. The van der Waals surface area contributed by atoms with Crippen LogP contribution in [-0.4, -0.2) is 19.1 Å². The van der Waals surface area contributed by atoms with E-state index in [0.717, 1.165) is 25.0 Å². The van der Waals surface area contributed by atoms with E-state index in [-0.39, 0.29) is 0 Å². The molecule has 0 bridgehead atoms. The lowest BCUT2D eigenvalue weighted by atomic mass is 9.86. The molecule has 1 aliphatic carbocycles. The van der Waals surface area contributed by atoms with E-state index in [1.54, 1.807) is 0 Å². The summed E-state index contributed by atoms with van der Waals surface area (Å²) in [6, 6.07) is 0.780. The van der Waals surface area contributed by atoms with Gasteiger partial charge in [-0.25, -0.2) is 0 Å². The van der Waals surface area contributed by atoms with Crippen LogP contribution in [0.1, 0.15) is 32.6 Å². The van der Waals surface area contributed by atoms with Crippen molar-refractivity contribution in [3.8, 4) is 0 Å². The van der Waals surface area contributed by atoms with Gasteiger partial charge in [0.2, 0.25) is 0 Å². The lowest BCUT2D eigenvalue weighted by molar-refractivity contribution is 0.300. The van der Waals surface area contributed by atoms with Gasteiger partial charge in [0.1, 0.15) is 0 Å². The molecular formula is C9H20N2. The Hall–Kier alpha value is -0.0800. The zero-order valence-corrected chi connectivity index (χ0v) is 7.47. The summed E-state index contributed by atoms with van der Waals surface area (Å²) < 4.78 is 0. The van der Waals surface area contributed by atoms with Crippen LogP contribution < -0.4 is 11.1 Å². The predicted octanol–water partition coefficient (Wildman–Crippen LogP) is 1.11. The zero-order valence-electron chi connectivity index (χ0n) is 7.47. The van der Waals surface area contributed by atoms with Crippen LogP contribution in [0.25, 0.3) is 0 Å². The average Bonchev–Trinajstić information content (AvgIpc) is 2.07. The van der Waals surface area contributed by atoms with Gasteiger partial charge in [-0.1, -0.05) is 6.92 Å². The molecule has 0 aromatic heterocycles. The second kappa shape index (κ2) is 4.73. The molecule has 1 saturated carbocycles. The van der Waals surface area contributed by atoms with Gasteiger partial charge in [-0.15, -0.1) is 0 Å². The average molecular weight is 156 g/mol. The summed E-state index contributed by atoms with van der Waals surface area (Å²) >= 11 is 0. The fourth-order valence-electron chi connectivity index (χ4n) is 1.89. The first-order chi connectivity index (χ1) is 5.36. The van der Waals surface area contributed by atoms with E-state index in [0.29, 0.717) is 0 Å². The summed E-state index contributed by atoms with van der Waals surface area (Å²) in [7, 11) is 0. The molecule has 0 aromatic rings. The second-order valence-corrected chi connectivity index (χ2v) is 3.51. The Kier molecular flexibility index (Phi) is 3.87. The second-order valence-electron chi connectivity index (χ2n) is 3.51. The van der Waals surface area contributed by atoms with Crippen LogP contribution in [0.4, 0.5) is 0 Å². The molecule has 2 heteroatoms. The fraction of sp³-hybridized carbons (Fsp3) is 1.00. The molecule has 0 amide bonds. The number of hydrogen-bond acceptors (Lipinski definition) is 2. The van der Waals surface area contributed by atoms with Crippen LogP contribution in [-0.2, 0) is 0 Å². The number of nitrogens with one attached hydrogen (secondary N) is 1. The van der Waals surface area contributed by atoms with E-state index in [1.165, 1.54) is 25.7 Å². The lowest BCUT2D eigenvalue weighted by Gasteiger charge is -2.27. The maximum absolute atomic E-state index is 5.60. The summed E-state index contributed by atoms with van der Waals surface area (Å²) in [5.41, 5.74) is 5.60. The van der Waals surface area contributed by atoms with Gasteiger partial charge in [0, 0.05) is 6.04 Å². The smallest absolute Gasteiger partial charge is 0.00671 e. The molecule has 1 aliphatic rings. The molecule has 1 fully saturated rings. The molecule has 0 radical (unpaired) electrons. The first-order valence-corrected chi connectivity index (χ1v) is 4.80. The highest BCUT2D eigenvalue weighted by atomic mass is 14.9. The molecule has 3 N–H and O–H groups in total. The molecule has 1 rings (SSSR count). The van der Waals surface area contributed by atoms with Crippen LogP contribution in [0.15, 0.2) is 0 Å². The van der Waals surface area contributed by atoms with Crippen molar-refractivity contribution in [1.82, 2.24) is 5.32 Å². The van der Waals surface area contributed by atoms with Gasteiger partial charge in [-0.05, 0) is 44.7 Å². The van der Waals surface area contributed by atoms with Crippen molar-refractivity contribution in [1.29, 1.82) is 0 Å². The van der Waals surface area contributed by atoms with Crippen molar-refractivity contribution in [2.45, 2.75) is 38.6 Å². The topological polar surface area (TPSA) is 38.0 Å². The highest BCUT2D eigenvalue weighted by molar-refractivity contribution is 4.76. The maximum atomic E-state index is 5.60. The van der Waals surface area contributed by atoms with Gasteiger partial charge in [0.15, 0.2) is 0 Å². The highest BCUT2D eigenvalue weighted by Crippen LogP contribution is 2.22. The monoisotopic (exact) mass is 156 g/mol. The Morgan fingerprint density at radius 1 is 1.27 bits per heavy atom. The first-order valence-electron chi connectivity index (χ1n) is 4.80. The lowest BCUT2D eigenvalue weighted by Crippen LogP contribution is -2.34. The molecule has 2 nitrogen and oxygen atoms in total. The first kappa shape index (κ1) is 9.01. The number of hydrogen-bond donors (Lipinski definition) is 2. The molecule has 11 heavy (non-hydrogen) atoms. The summed E-state index contributed by atoms with van der Waals surface area (Å²) in [5.74, 6) is 0.810. The molecule has 0 unspecified atom stereocenters. The zero-order chi connectivity index (χ0) is 8.10. The molecule has 66 valence electrons. The SMILES string of the molecule is CCN[C@H]1CC[C@H](CN)CC1. The van der Waals surface area contributed by atoms with Crippen molar-refractivity contribution >= 4 is 0 Å². The molecule has 0 heterocycles. The predicted molar refractivity (Wildman–Crippen MR) is 48.5 cm³/mol. The minimum Gasteiger partial charge on any atom is -0.330 e. The Balaban J connectivity index is 2.14. The van der Waals surface area contributed by atoms with E-state index in [1.807, 2.05) is 0 Å². The van der Waals surface area contributed by atoms with E-state index in [2.05, 4.69) is 12.2 Å². The minimum atomic E-state index is 0.780. The van der Waals surface area contributed by atoms with E-state index in [4.69, 9.17) is 5.73 Å². The third-order valence-corrected chi connectivity index (χ3v) is 2.67. The maximum Gasteiger partial charge on any atom is 0.00671 e. The van der Waals surface area contributed by atoms with Gasteiger partial charge in [-0.3, -0.25) is 0 Å². The van der Waals surface area contributed by atoms with Gasteiger partial charge in [0.25, 0.3) is 0 Å². The number of nitrogens with two attached hydrogens (primary N) is 1. The Bertz CT molecular complexity index is 95.7. The third kappa shape index (κ3) is 2.80. The quantitative estimate of drug-likeness (QED) is 0.642. The van der Waals surface area contributed by atoms with Gasteiger partial charge in [-0.2, -0.15) is 0 Å². The van der Waals surface area contributed by atoms with Gasteiger partial charge < -0.3 is 11.1 Å². The summed E-state index contributed by atoms with van der Waals surface area (Å²) in [6.07, 6.45) is 5.31. The van der Waals surface area contributed by atoms with Crippen LogP contribution >= 0.6 is 0 Å².